The van der Waals surface area contributed by atoms with E-state index in [1.807, 2.05) is 11.3 Å². The highest BCUT2D eigenvalue weighted by Crippen LogP contribution is 2.54. The van der Waals surface area contributed by atoms with Crippen molar-refractivity contribution in [3.8, 4) is 11.1 Å². The van der Waals surface area contributed by atoms with E-state index < -0.39 is 0 Å². The Bertz CT molecular complexity index is 3130. The number of rotatable bonds is 4. The first kappa shape index (κ1) is 42.3. The average Bonchev–Trinajstić information content (AvgIpc) is 3.64. The summed E-state index contributed by atoms with van der Waals surface area (Å²) in [4.78, 5) is 5.33. The van der Waals surface area contributed by atoms with E-state index in [0.717, 1.165) is 5.56 Å². The van der Waals surface area contributed by atoms with E-state index in [0.29, 0.717) is 0 Å². The molecule has 0 radical (unpaired) electrons. The van der Waals surface area contributed by atoms with Crippen LogP contribution in [-0.4, -0.2) is 6.71 Å². The van der Waals surface area contributed by atoms with Gasteiger partial charge in [0.25, 0.3) is 6.71 Å². The fourth-order valence-corrected chi connectivity index (χ4v) is 13.4. The van der Waals surface area contributed by atoms with Gasteiger partial charge in [0.1, 0.15) is 0 Å². The summed E-state index contributed by atoms with van der Waals surface area (Å²) in [5.74, 6) is 0. The van der Waals surface area contributed by atoms with Crippen LogP contribution in [-0.2, 0) is 27.1 Å². The molecule has 0 unspecified atom stereocenters. The van der Waals surface area contributed by atoms with Crippen LogP contribution >= 0.6 is 11.3 Å². The van der Waals surface area contributed by atoms with E-state index in [9.17, 15) is 0 Å². The summed E-state index contributed by atoms with van der Waals surface area (Å²) in [5, 5.41) is 2.68. The number of anilines is 6. The van der Waals surface area contributed by atoms with Gasteiger partial charge >= 0.3 is 0 Å². The molecule has 7 aromatic rings. The minimum atomic E-state index is -0.0123. The van der Waals surface area contributed by atoms with Crippen molar-refractivity contribution < 1.29 is 0 Å². The van der Waals surface area contributed by atoms with Gasteiger partial charge < -0.3 is 9.80 Å². The first-order chi connectivity index (χ1) is 30.7. The number of benzene rings is 6. The largest absolute Gasteiger partial charge is 0.311 e. The van der Waals surface area contributed by atoms with Gasteiger partial charge in [-0.2, -0.15) is 0 Å². The normalized spacial score (nSPS) is 18.4. The summed E-state index contributed by atoms with van der Waals surface area (Å²) < 4.78 is 1.33. The van der Waals surface area contributed by atoms with Gasteiger partial charge in [0, 0.05) is 33.0 Å². The minimum Gasteiger partial charge on any atom is -0.311 e. The lowest BCUT2D eigenvalue weighted by Gasteiger charge is -2.47. The molecule has 1 aromatic heterocycles. The topological polar surface area (TPSA) is 6.48 Å². The number of thiophene rings is 1. The molecule has 0 saturated carbocycles. The van der Waals surface area contributed by atoms with Gasteiger partial charge in [-0.25, -0.2) is 0 Å². The zero-order valence-corrected chi connectivity index (χ0v) is 41.7. The second-order valence-electron chi connectivity index (χ2n) is 23.7. The van der Waals surface area contributed by atoms with E-state index in [1.54, 1.807) is 0 Å². The summed E-state index contributed by atoms with van der Waals surface area (Å²) >= 11 is 1.95. The molecule has 4 heteroatoms. The standard InChI is InChI=1S/C61H65BN2S/c1-14-38-31-51-55-52(32-38)64(49-24-21-40(57(3,4)5)33-42(49)39-18-16-15-17-19-39)56-54(43-30-37(2)20-25-53(43)65-56)62(55)48-35-46-47(61(12,13)29-28-60(46,10)11)36-50(48)63(51)41-22-23-44-45(34-41)59(8,9)27-26-58(44,6)7/h14-25,30-36H,1,26-29H2,2-13H3. The second kappa shape index (κ2) is 14.1. The summed E-state index contributed by atoms with van der Waals surface area (Å²) in [6.45, 7) is 33.5. The average molecular weight is 869 g/mol. The molecule has 2 aliphatic heterocycles. The van der Waals surface area contributed by atoms with Crippen molar-refractivity contribution in [1.82, 2.24) is 0 Å². The summed E-state index contributed by atoms with van der Waals surface area (Å²) in [6, 6.07) is 43.2. The summed E-state index contributed by atoms with van der Waals surface area (Å²) in [6.07, 6.45) is 6.78. The maximum atomic E-state index is 4.48. The Morgan fingerprint density at radius 2 is 1.20 bits per heavy atom. The molecule has 6 aromatic carbocycles. The van der Waals surface area contributed by atoms with Crippen LogP contribution < -0.4 is 26.2 Å². The monoisotopic (exact) mass is 868 g/mol. The number of aryl methyl sites for hydroxylation is 1. The van der Waals surface area contributed by atoms with Crippen molar-refractivity contribution in [2.24, 2.45) is 0 Å². The molecule has 2 aliphatic carbocycles. The van der Waals surface area contributed by atoms with E-state index >= 15 is 0 Å². The Hall–Kier alpha value is -5.32. The van der Waals surface area contributed by atoms with Crippen LogP contribution in [0.1, 0.15) is 141 Å². The maximum absolute atomic E-state index is 4.48. The molecule has 3 heterocycles. The molecule has 328 valence electrons. The maximum Gasteiger partial charge on any atom is 0.254 e. The van der Waals surface area contributed by atoms with Gasteiger partial charge in [0.15, 0.2) is 0 Å². The van der Waals surface area contributed by atoms with Crippen molar-refractivity contribution in [2.45, 2.75) is 136 Å². The lowest BCUT2D eigenvalue weighted by Crippen LogP contribution is -2.61. The fraction of sp³-hybridized carbons (Fsp3) is 0.344. The van der Waals surface area contributed by atoms with Crippen molar-refractivity contribution in [3.63, 3.8) is 0 Å². The zero-order valence-electron chi connectivity index (χ0n) is 40.9. The number of hydrogen-bond acceptors (Lipinski definition) is 3. The molecule has 0 N–H and O–H groups in total. The Balaban J connectivity index is 1.29. The van der Waals surface area contributed by atoms with Gasteiger partial charge in [-0.3, -0.25) is 0 Å². The first-order valence-corrected chi connectivity index (χ1v) is 25.0. The fourth-order valence-electron chi connectivity index (χ4n) is 12.1. The van der Waals surface area contributed by atoms with Crippen molar-refractivity contribution >= 4 is 84.0 Å². The van der Waals surface area contributed by atoms with Crippen LogP contribution in [0.3, 0.4) is 0 Å². The SMILES string of the molecule is C=Cc1cc2c3c(c1)N(c1ccc(C(C)(C)C)cc1-c1ccccc1)c1sc4ccc(C)cc4c1B3c1cc3c(cc1N2c1ccc2c(c1)C(C)(C)CCC2(C)C)C(C)(C)CCC3(C)C. The van der Waals surface area contributed by atoms with Crippen molar-refractivity contribution in [1.29, 1.82) is 0 Å². The van der Waals surface area contributed by atoms with E-state index in [1.165, 1.54) is 130 Å². The van der Waals surface area contributed by atoms with Gasteiger partial charge in [-0.1, -0.05) is 155 Å². The van der Waals surface area contributed by atoms with Crippen LogP contribution in [0, 0.1) is 6.92 Å². The lowest BCUT2D eigenvalue weighted by atomic mass is 9.33. The predicted molar refractivity (Wildman–Crippen MR) is 285 cm³/mol. The molecule has 11 rings (SSSR count). The van der Waals surface area contributed by atoms with E-state index in [4.69, 9.17) is 0 Å². The third-order valence-electron chi connectivity index (χ3n) is 16.4. The van der Waals surface area contributed by atoms with Crippen molar-refractivity contribution in [2.75, 3.05) is 9.80 Å². The number of nitrogens with zero attached hydrogens (tertiary/aromatic N) is 2. The van der Waals surface area contributed by atoms with Crippen molar-refractivity contribution in [3.05, 3.63) is 155 Å². The highest BCUT2D eigenvalue weighted by atomic mass is 32.1. The molecule has 0 saturated heterocycles. The van der Waals surface area contributed by atoms with Crippen LogP contribution in [0.25, 0.3) is 27.3 Å². The first-order valence-electron chi connectivity index (χ1n) is 24.2. The Morgan fingerprint density at radius 3 is 1.85 bits per heavy atom. The van der Waals surface area contributed by atoms with Crippen LogP contribution in [0.2, 0.25) is 0 Å². The zero-order chi connectivity index (χ0) is 45.7. The Kier molecular flexibility index (Phi) is 9.18. The Labute approximate surface area is 393 Å². The minimum absolute atomic E-state index is 0.0123. The van der Waals surface area contributed by atoms with Gasteiger partial charge in [-0.15, -0.1) is 11.3 Å². The highest BCUT2D eigenvalue weighted by Gasteiger charge is 2.48. The van der Waals surface area contributed by atoms with E-state index in [2.05, 4.69) is 215 Å². The molecule has 4 aliphatic rings. The molecule has 0 amide bonds. The van der Waals surface area contributed by atoms with Crippen LogP contribution in [0.4, 0.5) is 33.4 Å². The summed E-state index contributed by atoms with van der Waals surface area (Å²) in [5.41, 5.74) is 23.0. The smallest absolute Gasteiger partial charge is 0.254 e. The molecular formula is C61H65BN2S. The quantitative estimate of drug-likeness (QED) is 0.163. The summed E-state index contributed by atoms with van der Waals surface area (Å²) in [7, 11) is 0. The van der Waals surface area contributed by atoms with Gasteiger partial charge in [-0.05, 0) is 169 Å². The molecule has 65 heavy (non-hydrogen) atoms. The Morgan fingerprint density at radius 1 is 0.585 bits per heavy atom. The third kappa shape index (κ3) is 6.40. The lowest BCUT2D eigenvalue weighted by molar-refractivity contribution is 0.332. The van der Waals surface area contributed by atoms with Crippen LogP contribution in [0.15, 0.2) is 116 Å². The molecule has 0 fully saturated rings. The molecule has 0 atom stereocenters. The molecule has 0 bridgehead atoms. The molecular weight excluding hydrogens is 804 g/mol. The molecule has 2 nitrogen and oxygen atoms in total. The predicted octanol–water partition coefficient (Wildman–Crippen LogP) is 15.6. The number of hydrogen-bond donors (Lipinski definition) is 0. The highest BCUT2D eigenvalue weighted by molar-refractivity contribution is 7.26. The van der Waals surface area contributed by atoms with Crippen LogP contribution in [0.5, 0.6) is 0 Å². The molecule has 0 spiro atoms. The van der Waals surface area contributed by atoms with Gasteiger partial charge in [0.2, 0.25) is 0 Å². The second-order valence-corrected chi connectivity index (χ2v) is 24.7. The van der Waals surface area contributed by atoms with Gasteiger partial charge in [0.05, 0.1) is 10.7 Å². The third-order valence-corrected chi connectivity index (χ3v) is 17.5. The number of fused-ring (bicyclic) bond motifs is 8. The van der Waals surface area contributed by atoms with E-state index in [-0.39, 0.29) is 33.8 Å².